The number of Topliss-reactive ketones (excluding diaryl/α,β-unsaturated/α-hetero) is 1. The molecule has 1 saturated heterocycles. The summed E-state index contributed by atoms with van der Waals surface area (Å²) in [6.45, 7) is 2.07. The monoisotopic (exact) mass is 265 g/mol. The first-order valence-electron chi connectivity index (χ1n) is 6.91. The maximum atomic E-state index is 13.1. The lowest BCUT2D eigenvalue weighted by atomic mass is 10.1. The second-order valence-electron chi connectivity index (χ2n) is 5.13. The number of carbonyl (C=O) groups excluding carboxylic acids is 1. The first-order valence-corrected chi connectivity index (χ1v) is 6.91. The highest BCUT2D eigenvalue weighted by Crippen LogP contribution is 2.19. The molecule has 1 aromatic rings. The predicted octanol–water partition coefficient (Wildman–Crippen LogP) is 2.98. The van der Waals surface area contributed by atoms with E-state index in [1.807, 2.05) is 0 Å². The van der Waals surface area contributed by atoms with Gasteiger partial charge in [-0.3, -0.25) is 9.69 Å². The van der Waals surface area contributed by atoms with Crippen molar-refractivity contribution in [3.63, 3.8) is 0 Å². The van der Waals surface area contributed by atoms with E-state index >= 15 is 0 Å². The topological polar surface area (TPSA) is 40.5 Å². The zero-order valence-electron chi connectivity index (χ0n) is 11.1. The molecule has 1 fully saturated rings. The molecule has 0 bridgehead atoms. The summed E-state index contributed by atoms with van der Waals surface area (Å²) >= 11 is 0. The molecule has 104 valence electrons. The van der Waals surface area contributed by atoms with Crippen LogP contribution in [0.1, 0.15) is 42.5 Å². The molecule has 1 heterocycles. The van der Waals surface area contributed by atoms with Gasteiger partial charge in [-0.1, -0.05) is 19.3 Å². The fourth-order valence-corrected chi connectivity index (χ4v) is 2.49. The van der Waals surface area contributed by atoms with Crippen LogP contribution in [0.25, 0.3) is 0 Å². The van der Waals surface area contributed by atoms with Gasteiger partial charge in [0.05, 0.1) is 12.1 Å². The van der Waals surface area contributed by atoms with Crippen molar-refractivity contribution in [3.05, 3.63) is 29.6 Å². The van der Waals surface area contributed by atoms with E-state index < -0.39 is 5.82 Å². The number of carbonyl (C=O) groups is 1. The third-order valence-electron chi connectivity index (χ3n) is 3.57. The van der Waals surface area contributed by atoms with E-state index in [1.165, 1.54) is 25.3 Å². The van der Waals surface area contributed by atoms with Gasteiger partial charge in [-0.05, 0) is 44.1 Å². The summed E-state index contributed by atoms with van der Waals surface area (Å²) in [6, 6.07) is 3.50. The van der Waals surface area contributed by atoms with E-state index in [2.05, 4.69) is 4.90 Å². The van der Waals surface area contributed by atoms with Gasteiger partial charge < -0.3 is 5.11 Å². The van der Waals surface area contributed by atoms with Crippen LogP contribution in [0.4, 0.5) is 4.39 Å². The number of halogens is 1. The molecule has 4 heteroatoms. The highest BCUT2D eigenvalue weighted by atomic mass is 19.1. The van der Waals surface area contributed by atoms with E-state index in [4.69, 9.17) is 0 Å². The summed E-state index contributed by atoms with van der Waals surface area (Å²) in [5, 5.41) is 9.63. The Morgan fingerprint density at radius 3 is 2.47 bits per heavy atom. The normalized spacial score (nSPS) is 17.7. The molecule has 0 radical (unpaired) electrons. The summed E-state index contributed by atoms with van der Waals surface area (Å²) in [7, 11) is 0. The fraction of sp³-hybridized carbons (Fsp3) is 0.533. The molecule has 1 aromatic carbocycles. The molecule has 0 saturated carbocycles. The highest BCUT2D eigenvalue weighted by molar-refractivity contribution is 6.00. The Bertz CT molecular complexity index is 440. The number of aromatic hydroxyl groups is 1. The molecule has 0 spiro atoms. The third-order valence-corrected chi connectivity index (χ3v) is 3.57. The lowest BCUT2D eigenvalue weighted by Crippen LogP contribution is -2.32. The average molecular weight is 265 g/mol. The second kappa shape index (κ2) is 6.66. The first-order chi connectivity index (χ1) is 9.16. The number of hydrogen-bond donors (Lipinski definition) is 1. The molecule has 1 aliphatic rings. The second-order valence-corrected chi connectivity index (χ2v) is 5.13. The van der Waals surface area contributed by atoms with E-state index in [0.29, 0.717) is 0 Å². The summed E-state index contributed by atoms with van der Waals surface area (Å²) < 4.78 is 13.1. The van der Waals surface area contributed by atoms with Crippen molar-refractivity contribution in [1.82, 2.24) is 4.90 Å². The maximum absolute atomic E-state index is 13.1. The number of benzene rings is 1. The number of nitrogens with zero attached hydrogens (tertiary/aromatic N) is 1. The van der Waals surface area contributed by atoms with Crippen LogP contribution in [-0.4, -0.2) is 35.4 Å². The fourth-order valence-electron chi connectivity index (χ4n) is 2.49. The predicted molar refractivity (Wildman–Crippen MR) is 71.9 cm³/mol. The molecule has 0 atom stereocenters. The van der Waals surface area contributed by atoms with Crippen molar-refractivity contribution in [3.8, 4) is 5.75 Å². The Morgan fingerprint density at radius 1 is 1.16 bits per heavy atom. The number of phenolic OH excluding ortho intramolecular Hbond substituents is 1. The number of hydrogen-bond acceptors (Lipinski definition) is 3. The molecule has 0 aliphatic carbocycles. The van der Waals surface area contributed by atoms with Crippen molar-refractivity contribution >= 4 is 5.78 Å². The zero-order chi connectivity index (χ0) is 13.7. The van der Waals surface area contributed by atoms with Crippen molar-refractivity contribution < 1.29 is 14.3 Å². The van der Waals surface area contributed by atoms with Crippen LogP contribution in [0, 0.1) is 5.82 Å². The van der Waals surface area contributed by atoms with Crippen LogP contribution >= 0.6 is 0 Å². The third kappa shape index (κ3) is 4.03. The molecule has 0 amide bonds. The summed E-state index contributed by atoms with van der Waals surface area (Å²) in [5.74, 6) is -0.843. The van der Waals surface area contributed by atoms with Crippen molar-refractivity contribution in [2.24, 2.45) is 0 Å². The Balaban J connectivity index is 2.00. The molecular weight excluding hydrogens is 245 g/mol. The molecule has 3 nitrogen and oxygen atoms in total. The molecular formula is C15H20FNO2. The van der Waals surface area contributed by atoms with Crippen LogP contribution < -0.4 is 0 Å². The largest absolute Gasteiger partial charge is 0.507 e. The highest BCUT2D eigenvalue weighted by Gasteiger charge is 2.17. The number of rotatable bonds is 3. The molecule has 1 aliphatic heterocycles. The molecule has 19 heavy (non-hydrogen) atoms. The van der Waals surface area contributed by atoms with Gasteiger partial charge in [0.1, 0.15) is 11.6 Å². The van der Waals surface area contributed by atoms with Crippen LogP contribution in [0.5, 0.6) is 5.75 Å². The first kappa shape index (κ1) is 14.0. The lowest BCUT2D eigenvalue weighted by molar-refractivity contribution is 0.0921. The molecule has 0 aromatic heterocycles. The Morgan fingerprint density at radius 2 is 1.79 bits per heavy atom. The van der Waals surface area contributed by atoms with Crippen LogP contribution in [0.15, 0.2) is 18.2 Å². The Hall–Kier alpha value is -1.42. The van der Waals surface area contributed by atoms with Gasteiger partial charge in [0, 0.05) is 0 Å². The van der Waals surface area contributed by atoms with Gasteiger partial charge in [-0.15, -0.1) is 0 Å². The van der Waals surface area contributed by atoms with Crippen LogP contribution in [-0.2, 0) is 0 Å². The molecule has 0 unspecified atom stereocenters. The standard InChI is InChI=1S/C15H20FNO2/c16-12-6-7-14(18)13(10-12)15(19)11-17-8-4-2-1-3-5-9-17/h6-7,10,18H,1-5,8-9,11H2. The van der Waals surface area contributed by atoms with Crippen molar-refractivity contribution in [1.29, 1.82) is 0 Å². The zero-order valence-corrected chi connectivity index (χ0v) is 11.1. The maximum Gasteiger partial charge on any atom is 0.180 e. The van der Waals surface area contributed by atoms with Gasteiger partial charge in [-0.25, -0.2) is 4.39 Å². The number of ketones is 1. The van der Waals surface area contributed by atoms with E-state index in [9.17, 15) is 14.3 Å². The van der Waals surface area contributed by atoms with Gasteiger partial charge in [0.2, 0.25) is 0 Å². The quantitative estimate of drug-likeness (QED) is 0.854. The summed E-state index contributed by atoms with van der Waals surface area (Å²) in [5.41, 5.74) is 0.0852. The minimum absolute atomic E-state index is 0.0852. The summed E-state index contributed by atoms with van der Waals surface area (Å²) in [6.07, 6.45) is 5.88. The lowest BCUT2D eigenvalue weighted by Gasteiger charge is -2.23. The molecule has 2 rings (SSSR count). The summed E-state index contributed by atoms with van der Waals surface area (Å²) in [4.78, 5) is 14.2. The van der Waals surface area contributed by atoms with Crippen LogP contribution in [0.3, 0.4) is 0 Å². The minimum Gasteiger partial charge on any atom is -0.507 e. The SMILES string of the molecule is O=C(CN1CCCCCCC1)c1cc(F)ccc1O. The number of likely N-dealkylation sites (tertiary alicyclic amines) is 1. The van der Waals surface area contributed by atoms with E-state index in [-0.39, 0.29) is 23.6 Å². The van der Waals surface area contributed by atoms with Crippen molar-refractivity contribution in [2.45, 2.75) is 32.1 Å². The Labute approximate surface area is 113 Å². The molecule has 1 N–H and O–H groups in total. The van der Waals surface area contributed by atoms with Gasteiger partial charge in [-0.2, -0.15) is 0 Å². The number of phenols is 1. The van der Waals surface area contributed by atoms with Gasteiger partial charge in [0.25, 0.3) is 0 Å². The van der Waals surface area contributed by atoms with Crippen molar-refractivity contribution in [2.75, 3.05) is 19.6 Å². The minimum atomic E-state index is -0.492. The smallest absolute Gasteiger partial charge is 0.180 e. The van der Waals surface area contributed by atoms with E-state index in [1.54, 1.807) is 0 Å². The average Bonchev–Trinajstić information content (AvgIpc) is 2.35. The van der Waals surface area contributed by atoms with Crippen LogP contribution in [0.2, 0.25) is 0 Å². The van der Waals surface area contributed by atoms with E-state index in [0.717, 1.165) is 38.1 Å². The Kier molecular flexibility index (Phi) is 4.91. The van der Waals surface area contributed by atoms with Gasteiger partial charge in [0.15, 0.2) is 5.78 Å². The van der Waals surface area contributed by atoms with Gasteiger partial charge >= 0.3 is 0 Å².